The number of thioether (sulfide) groups is 1. The van der Waals surface area contributed by atoms with E-state index in [0.717, 1.165) is 22.8 Å². The van der Waals surface area contributed by atoms with E-state index in [-0.39, 0.29) is 5.91 Å². The Morgan fingerprint density at radius 1 is 1.00 bits per heavy atom. The monoisotopic (exact) mass is 359 g/mol. The standard InChI is InChI=1S/C20H25NO3S/c1-3-23-18-11-10-16(14-19(18)24-4-2)15-21-20(22)12-13-25-17-8-6-5-7-9-17/h5-11,14H,3-4,12-13,15H2,1-2H3,(H,21,22). The average Bonchev–Trinajstić information content (AvgIpc) is 2.63. The maximum Gasteiger partial charge on any atom is 0.221 e. The summed E-state index contributed by atoms with van der Waals surface area (Å²) in [4.78, 5) is 13.2. The minimum absolute atomic E-state index is 0.0512. The second-order valence-corrected chi connectivity index (χ2v) is 6.50. The van der Waals surface area contributed by atoms with Crippen LogP contribution in [0.25, 0.3) is 0 Å². The molecule has 0 bridgehead atoms. The van der Waals surface area contributed by atoms with E-state index >= 15 is 0 Å². The lowest BCUT2D eigenvalue weighted by Gasteiger charge is -2.13. The third-order valence-corrected chi connectivity index (χ3v) is 4.45. The third kappa shape index (κ3) is 6.70. The fraction of sp³-hybridized carbons (Fsp3) is 0.350. The van der Waals surface area contributed by atoms with Crippen LogP contribution in [0.1, 0.15) is 25.8 Å². The first-order valence-electron chi connectivity index (χ1n) is 8.56. The first kappa shape index (κ1) is 19.2. The maximum atomic E-state index is 12.0. The number of rotatable bonds is 10. The molecule has 0 spiro atoms. The predicted octanol–water partition coefficient (Wildman–Crippen LogP) is 4.28. The number of amides is 1. The van der Waals surface area contributed by atoms with Crippen LogP contribution >= 0.6 is 11.8 Å². The molecule has 5 heteroatoms. The van der Waals surface area contributed by atoms with Crippen LogP contribution in [0.5, 0.6) is 11.5 Å². The summed E-state index contributed by atoms with van der Waals surface area (Å²) in [5.74, 6) is 2.27. The van der Waals surface area contributed by atoms with E-state index in [1.165, 1.54) is 4.90 Å². The van der Waals surface area contributed by atoms with Crippen LogP contribution in [0.2, 0.25) is 0 Å². The van der Waals surface area contributed by atoms with Gasteiger partial charge in [0, 0.05) is 23.6 Å². The van der Waals surface area contributed by atoms with Crippen molar-refractivity contribution in [3.05, 3.63) is 54.1 Å². The molecule has 2 rings (SSSR count). The second kappa shape index (κ2) is 10.7. The van der Waals surface area contributed by atoms with E-state index in [4.69, 9.17) is 9.47 Å². The van der Waals surface area contributed by atoms with E-state index in [2.05, 4.69) is 17.4 Å². The Labute approximate surface area is 153 Å². The Balaban J connectivity index is 1.79. The Kier molecular flexibility index (Phi) is 8.19. The van der Waals surface area contributed by atoms with Gasteiger partial charge in [-0.3, -0.25) is 4.79 Å². The van der Waals surface area contributed by atoms with Crippen molar-refractivity contribution >= 4 is 17.7 Å². The molecule has 0 saturated carbocycles. The van der Waals surface area contributed by atoms with Crippen LogP contribution in [-0.4, -0.2) is 24.9 Å². The second-order valence-electron chi connectivity index (χ2n) is 5.34. The molecule has 0 saturated heterocycles. The molecule has 0 unspecified atom stereocenters. The van der Waals surface area contributed by atoms with Gasteiger partial charge in [0.2, 0.25) is 5.91 Å². The largest absolute Gasteiger partial charge is 0.490 e. The van der Waals surface area contributed by atoms with E-state index < -0.39 is 0 Å². The van der Waals surface area contributed by atoms with Gasteiger partial charge in [-0.05, 0) is 43.7 Å². The normalized spacial score (nSPS) is 10.3. The highest BCUT2D eigenvalue weighted by Gasteiger charge is 2.07. The zero-order valence-corrected chi connectivity index (χ0v) is 15.6. The molecule has 25 heavy (non-hydrogen) atoms. The van der Waals surface area contributed by atoms with Crippen molar-refractivity contribution in [2.24, 2.45) is 0 Å². The van der Waals surface area contributed by atoms with Gasteiger partial charge >= 0.3 is 0 Å². The van der Waals surface area contributed by atoms with E-state index in [1.54, 1.807) is 11.8 Å². The van der Waals surface area contributed by atoms with Crippen molar-refractivity contribution in [1.82, 2.24) is 5.32 Å². The van der Waals surface area contributed by atoms with Gasteiger partial charge in [0.15, 0.2) is 11.5 Å². The molecule has 0 radical (unpaired) electrons. The van der Waals surface area contributed by atoms with Gasteiger partial charge in [-0.25, -0.2) is 0 Å². The van der Waals surface area contributed by atoms with Gasteiger partial charge in [0.25, 0.3) is 0 Å². The fourth-order valence-corrected chi connectivity index (χ4v) is 3.15. The highest BCUT2D eigenvalue weighted by Crippen LogP contribution is 2.28. The van der Waals surface area contributed by atoms with Crippen molar-refractivity contribution in [2.75, 3.05) is 19.0 Å². The number of nitrogens with one attached hydrogen (secondary N) is 1. The van der Waals surface area contributed by atoms with Crippen LogP contribution < -0.4 is 14.8 Å². The molecule has 0 heterocycles. The highest BCUT2D eigenvalue weighted by molar-refractivity contribution is 7.99. The molecule has 4 nitrogen and oxygen atoms in total. The molecule has 2 aromatic rings. The number of ether oxygens (including phenoxy) is 2. The molecule has 0 aromatic heterocycles. The summed E-state index contributed by atoms with van der Waals surface area (Å²) >= 11 is 1.69. The van der Waals surface area contributed by atoms with Gasteiger partial charge in [0.05, 0.1) is 13.2 Å². The molecule has 134 valence electrons. The van der Waals surface area contributed by atoms with Crippen LogP contribution in [0.4, 0.5) is 0 Å². The summed E-state index contributed by atoms with van der Waals surface area (Å²) < 4.78 is 11.2. The van der Waals surface area contributed by atoms with Gasteiger partial charge < -0.3 is 14.8 Å². The van der Waals surface area contributed by atoms with Gasteiger partial charge in [-0.15, -0.1) is 11.8 Å². The van der Waals surface area contributed by atoms with Crippen molar-refractivity contribution in [3.63, 3.8) is 0 Å². The molecule has 0 aliphatic rings. The lowest BCUT2D eigenvalue weighted by atomic mass is 10.2. The number of carbonyl (C=O) groups excluding carboxylic acids is 1. The van der Waals surface area contributed by atoms with Gasteiger partial charge in [0.1, 0.15) is 0 Å². The van der Waals surface area contributed by atoms with Crippen molar-refractivity contribution in [3.8, 4) is 11.5 Å². The Bertz CT molecular complexity index is 661. The molecule has 1 N–H and O–H groups in total. The summed E-state index contributed by atoms with van der Waals surface area (Å²) in [7, 11) is 0. The van der Waals surface area contributed by atoms with E-state index in [1.807, 2.05) is 50.2 Å². The minimum atomic E-state index is 0.0512. The molecule has 0 aliphatic carbocycles. The molecule has 0 atom stereocenters. The zero-order chi connectivity index (χ0) is 17.9. The van der Waals surface area contributed by atoms with Crippen LogP contribution in [-0.2, 0) is 11.3 Å². The first-order valence-corrected chi connectivity index (χ1v) is 9.54. The Morgan fingerprint density at radius 3 is 2.44 bits per heavy atom. The molecule has 0 aliphatic heterocycles. The fourth-order valence-electron chi connectivity index (χ4n) is 2.27. The number of benzene rings is 2. The van der Waals surface area contributed by atoms with Crippen molar-refractivity contribution in [2.45, 2.75) is 31.7 Å². The molecular formula is C20H25NO3S. The van der Waals surface area contributed by atoms with Crippen molar-refractivity contribution in [1.29, 1.82) is 0 Å². The number of carbonyl (C=O) groups is 1. The summed E-state index contributed by atoms with van der Waals surface area (Å²) in [5, 5.41) is 2.96. The molecule has 0 fully saturated rings. The van der Waals surface area contributed by atoms with Gasteiger partial charge in [-0.2, -0.15) is 0 Å². The third-order valence-electron chi connectivity index (χ3n) is 3.44. The lowest BCUT2D eigenvalue weighted by molar-refractivity contribution is -0.120. The van der Waals surface area contributed by atoms with Crippen LogP contribution in [0.3, 0.4) is 0 Å². The highest BCUT2D eigenvalue weighted by atomic mass is 32.2. The summed E-state index contributed by atoms with van der Waals surface area (Å²) in [5.41, 5.74) is 0.996. The maximum absolute atomic E-state index is 12.0. The Morgan fingerprint density at radius 2 is 1.72 bits per heavy atom. The zero-order valence-electron chi connectivity index (χ0n) is 14.8. The number of hydrogen-bond donors (Lipinski definition) is 1. The van der Waals surface area contributed by atoms with E-state index in [9.17, 15) is 4.79 Å². The average molecular weight is 359 g/mol. The molecule has 1 amide bonds. The predicted molar refractivity (Wildman–Crippen MR) is 102 cm³/mol. The lowest BCUT2D eigenvalue weighted by Crippen LogP contribution is -2.23. The van der Waals surface area contributed by atoms with E-state index in [0.29, 0.717) is 26.2 Å². The first-order chi connectivity index (χ1) is 12.2. The van der Waals surface area contributed by atoms with Crippen LogP contribution in [0, 0.1) is 0 Å². The minimum Gasteiger partial charge on any atom is -0.490 e. The quantitative estimate of drug-likeness (QED) is 0.643. The summed E-state index contributed by atoms with van der Waals surface area (Å²) in [6.07, 6.45) is 0.495. The Hall–Kier alpha value is -2.14. The SMILES string of the molecule is CCOc1ccc(CNC(=O)CCSc2ccccc2)cc1OCC. The molecule has 2 aromatic carbocycles. The summed E-state index contributed by atoms with van der Waals surface area (Å²) in [6.45, 7) is 5.54. The molecular weight excluding hydrogens is 334 g/mol. The van der Waals surface area contributed by atoms with Gasteiger partial charge in [-0.1, -0.05) is 24.3 Å². The number of hydrogen-bond acceptors (Lipinski definition) is 4. The van der Waals surface area contributed by atoms with Crippen molar-refractivity contribution < 1.29 is 14.3 Å². The summed E-state index contributed by atoms with van der Waals surface area (Å²) in [6, 6.07) is 15.9. The topological polar surface area (TPSA) is 47.6 Å². The van der Waals surface area contributed by atoms with Crippen LogP contribution in [0.15, 0.2) is 53.4 Å². The smallest absolute Gasteiger partial charge is 0.221 e.